The summed E-state index contributed by atoms with van der Waals surface area (Å²) in [7, 11) is 1.35. The maximum atomic E-state index is 13.6. The van der Waals surface area contributed by atoms with E-state index in [4.69, 9.17) is 13.9 Å². The number of fused-ring (bicyclic) bond motifs is 1. The lowest BCUT2D eigenvalue weighted by Crippen LogP contribution is -2.37. The molecule has 0 spiro atoms. The number of Topliss-reactive ketones (excluding diaryl/α,β-unsaturated/α-hetero) is 2. The Labute approximate surface area is 227 Å². The Balaban J connectivity index is 1.53. The zero-order valence-electron chi connectivity index (χ0n) is 23.1. The Morgan fingerprint density at radius 2 is 1.51 bits per heavy atom. The molecule has 1 aromatic carbocycles. The fraction of sp³-hybridized carbons (Fsp3) is 0.406. The highest BCUT2D eigenvalue weighted by molar-refractivity contribution is 6.06. The molecule has 3 heterocycles. The normalized spacial score (nSPS) is 20.6. The van der Waals surface area contributed by atoms with Crippen molar-refractivity contribution in [3.63, 3.8) is 0 Å². The molecule has 0 N–H and O–H groups in total. The molecule has 3 aliphatic rings. The molecule has 0 amide bonds. The number of hydrogen-bond donors (Lipinski definition) is 0. The predicted molar refractivity (Wildman–Crippen MR) is 145 cm³/mol. The van der Waals surface area contributed by atoms with E-state index in [-0.39, 0.29) is 22.4 Å². The lowest BCUT2D eigenvalue weighted by atomic mass is 9.66. The number of allylic oxidation sites excluding steroid dienone is 4. The number of ketones is 2. The largest absolute Gasteiger partial charge is 0.465 e. The number of rotatable bonds is 4. The molecule has 3 aromatic rings. The topological polar surface area (TPSA) is 87.7 Å². The number of furan rings is 1. The second-order valence-corrected chi connectivity index (χ2v) is 12.6. The van der Waals surface area contributed by atoms with Gasteiger partial charge in [0.15, 0.2) is 17.1 Å². The molecule has 1 aliphatic heterocycles. The van der Waals surface area contributed by atoms with Crippen LogP contribution in [-0.2, 0) is 25.6 Å². The number of nitrogens with zero attached hydrogens (tertiary/aromatic N) is 1. The molecule has 0 saturated carbocycles. The first-order valence-corrected chi connectivity index (χ1v) is 13.4. The van der Waals surface area contributed by atoms with Crippen molar-refractivity contribution < 1.29 is 28.3 Å². The third-order valence-electron chi connectivity index (χ3n) is 8.05. The maximum absolute atomic E-state index is 13.6. The second-order valence-electron chi connectivity index (χ2n) is 12.6. The average molecular weight is 528 g/mol. The highest BCUT2D eigenvalue weighted by Gasteiger charge is 2.49. The van der Waals surface area contributed by atoms with Gasteiger partial charge < -0.3 is 18.5 Å². The molecular weight excluding hydrogens is 494 g/mol. The minimum absolute atomic E-state index is 0.0149. The molecule has 202 valence electrons. The van der Waals surface area contributed by atoms with Gasteiger partial charge in [-0.2, -0.15) is 0 Å². The molecule has 0 radical (unpaired) electrons. The summed E-state index contributed by atoms with van der Waals surface area (Å²) in [6.45, 7) is 8.69. The number of benzene rings is 1. The van der Waals surface area contributed by atoms with Gasteiger partial charge in [0.05, 0.1) is 18.5 Å². The van der Waals surface area contributed by atoms with Crippen LogP contribution in [0.15, 0.2) is 69.5 Å². The molecular formula is C32H33NO6. The summed E-state index contributed by atoms with van der Waals surface area (Å²) >= 11 is 0. The number of hydrogen-bond acceptors (Lipinski definition) is 6. The third kappa shape index (κ3) is 4.34. The summed E-state index contributed by atoms with van der Waals surface area (Å²) in [5.74, 6) is 0.688. The first-order chi connectivity index (χ1) is 18.5. The second kappa shape index (κ2) is 8.83. The molecule has 0 atom stereocenters. The zero-order chi connectivity index (χ0) is 27.7. The monoisotopic (exact) mass is 527 g/mol. The van der Waals surface area contributed by atoms with Crippen molar-refractivity contribution in [3.05, 3.63) is 82.1 Å². The van der Waals surface area contributed by atoms with Gasteiger partial charge in [0.25, 0.3) is 0 Å². The summed E-state index contributed by atoms with van der Waals surface area (Å²) in [5, 5.41) is 0. The average Bonchev–Trinajstić information content (AvgIpc) is 3.40. The molecule has 39 heavy (non-hydrogen) atoms. The van der Waals surface area contributed by atoms with Gasteiger partial charge in [0.1, 0.15) is 23.0 Å². The molecule has 2 aliphatic carbocycles. The van der Waals surface area contributed by atoms with Crippen LogP contribution >= 0.6 is 0 Å². The van der Waals surface area contributed by atoms with Gasteiger partial charge in [0.2, 0.25) is 0 Å². The van der Waals surface area contributed by atoms with Crippen LogP contribution in [0.25, 0.3) is 11.1 Å². The van der Waals surface area contributed by atoms with E-state index in [2.05, 4.69) is 27.7 Å². The molecule has 2 aromatic heterocycles. The fourth-order valence-electron chi connectivity index (χ4n) is 6.37. The van der Waals surface area contributed by atoms with Crippen molar-refractivity contribution in [2.45, 2.75) is 65.8 Å². The Kier molecular flexibility index (Phi) is 5.75. The summed E-state index contributed by atoms with van der Waals surface area (Å²) in [5.41, 5.74) is 3.19. The van der Waals surface area contributed by atoms with Gasteiger partial charge in [-0.05, 0) is 16.4 Å². The first-order valence-electron chi connectivity index (χ1n) is 13.4. The van der Waals surface area contributed by atoms with Gasteiger partial charge in [-0.15, -0.1) is 0 Å². The number of carbonyl (C=O) groups excluding carboxylic acids is 3. The number of methoxy groups -OCH3 is 1. The lowest BCUT2D eigenvalue weighted by molar-refractivity contribution is -0.120. The van der Waals surface area contributed by atoms with Crippen molar-refractivity contribution in [1.29, 1.82) is 0 Å². The summed E-state index contributed by atoms with van der Waals surface area (Å²) in [4.78, 5) is 39.9. The molecule has 6 rings (SSSR count). The first kappa shape index (κ1) is 25.4. The quantitative estimate of drug-likeness (QED) is 0.362. The van der Waals surface area contributed by atoms with E-state index >= 15 is 0 Å². The number of aromatic nitrogens is 1. The molecule has 7 heteroatoms. The molecule has 0 saturated heterocycles. The third-order valence-corrected chi connectivity index (χ3v) is 8.05. The van der Waals surface area contributed by atoms with E-state index in [0.29, 0.717) is 77.4 Å². The van der Waals surface area contributed by atoms with E-state index in [1.54, 1.807) is 6.07 Å². The molecule has 7 nitrogen and oxygen atoms in total. The Hall–Kier alpha value is -3.87. The number of carbonyl (C=O) groups is 3. The van der Waals surface area contributed by atoms with Gasteiger partial charge in [0, 0.05) is 55.5 Å². The van der Waals surface area contributed by atoms with Gasteiger partial charge in [-0.25, -0.2) is 4.79 Å². The maximum Gasteiger partial charge on any atom is 0.354 e. The van der Waals surface area contributed by atoms with Crippen LogP contribution in [0.5, 0.6) is 0 Å². The predicted octanol–water partition coefficient (Wildman–Crippen LogP) is 6.47. The van der Waals surface area contributed by atoms with Crippen LogP contribution in [0.2, 0.25) is 0 Å². The van der Waals surface area contributed by atoms with Crippen molar-refractivity contribution in [2.24, 2.45) is 10.8 Å². The Bertz CT molecular complexity index is 1540. The van der Waals surface area contributed by atoms with E-state index in [9.17, 15) is 14.4 Å². The van der Waals surface area contributed by atoms with E-state index in [1.807, 2.05) is 41.0 Å². The van der Waals surface area contributed by atoms with Crippen LogP contribution in [0, 0.1) is 10.8 Å². The highest BCUT2D eigenvalue weighted by atomic mass is 16.5. The van der Waals surface area contributed by atoms with E-state index in [1.165, 1.54) is 7.11 Å². The molecule has 0 fully saturated rings. The smallest absolute Gasteiger partial charge is 0.354 e. The number of ether oxygens (including phenoxy) is 2. The minimum atomic E-state index is -0.630. The van der Waals surface area contributed by atoms with Gasteiger partial charge in [-0.3, -0.25) is 9.59 Å². The molecule has 0 unspecified atom stereocenters. The van der Waals surface area contributed by atoms with Gasteiger partial charge >= 0.3 is 5.97 Å². The summed E-state index contributed by atoms with van der Waals surface area (Å²) in [6, 6.07) is 13.4. The minimum Gasteiger partial charge on any atom is -0.465 e. The van der Waals surface area contributed by atoms with Crippen LogP contribution in [0.3, 0.4) is 0 Å². The summed E-state index contributed by atoms with van der Waals surface area (Å²) in [6.07, 6.45) is 1.98. The van der Waals surface area contributed by atoms with Crippen molar-refractivity contribution >= 4 is 28.6 Å². The van der Waals surface area contributed by atoms with E-state index in [0.717, 1.165) is 5.56 Å². The van der Waals surface area contributed by atoms with Gasteiger partial charge in [-0.1, -0.05) is 58.0 Å². The summed E-state index contributed by atoms with van der Waals surface area (Å²) < 4.78 is 19.7. The van der Waals surface area contributed by atoms with Crippen molar-refractivity contribution in [1.82, 2.24) is 4.57 Å². The molecule has 0 bridgehead atoms. The van der Waals surface area contributed by atoms with Crippen molar-refractivity contribution in [2.75, 3.05) is 7.11 Å². The lowest BCUT2D eigenvalue weighted by Gasteiger charge is -2.42. The fourth-order valence-corrected chi connectivity index (χ4v) is 6.37. The van der Waals surface area contributed by atoms with Crippen LogP contribution in [0.1, 0.15) is 81.1 Å². The SMILES string of the molecule is COC(=O)c1cc2oc(C3C4=C(CC(C)(C)CC4=O)OC4=C3C(=O)CC(C)(C)C4)cc2n1Cc1ccccc1. The zero-order valence-corrected chi connectivity index (χ0v) is 23.1. The Morgan fingerprint density at radius 3 is 2.08 bits per heavy atom. The highest BCUT2D eigenvalue weighted by Crippen LogP contribution is 2.53. The van der Waals surface area contributed by atoms with Crippen LogP contribution in [-0.4, -0.2) is 29.2 Å². The van der Waals surface area contributed by atoms with Crippen molar-refractivity contribution in [3.8, 4) is 0 Å². The van der Waals surface area contributed by atoms with E-state index < -0.39 is 11.9 Å². The Morgan fingerprint density at radius 1 is 0.923 bits per heavy atom. The number of esters is 1. The van der Waals surface area contributed by atoms with Crippen LogP contribution < -0.4 is 0 Å². The van der Waals surface area contributed by atoms with Crippen LogP contribution in [0.4, 0.5) is 0 Å². The standard InChI is InChI=1S/C32H33NO6/c1-31(2)13-21(34)27-25(15-31)39-26-16-32(3,4)14-22(35)28(26)29(27)24-11-19-23(38-24)12-20(30(36)37-5)33(19)17-18-9-7-6-8-10-18/h6-12,29H,13-17H2,1-5H3.